The molecule has 0 bridgehead atoms. The molecule has 2 amide bonds. The summed E-state index contributed by atoms with van der Waals surface area (Å²) >= 11 is 0. The Kier molecular flexibility index (Phi) is 4.86. The maximum Gasteiger partial charge on any atom is 0.251 e. The first-order chi connectivity index (χ1) is 10.4. The van der Waals surface area contributed by atoms with Crippen molar-refractivity contribution in [3.05, 3.63) is 29.3 Å². The van der Waals surface area contributed by atoms with Crippen LogP contribution < -0.4 is 10.2 Å². The third kappa shape index (κ3) is 3.30. The van der Waals surface area contributed by atoms with Gasteiger partial charge in [-0.3, -0.25) is 9.59 Å². The van der Waals surface area contributed by atoms with Gasteiger partial charge in [0.1, 0.15) is 0 Å². The van der Waals surface area contributed by atoms with Gasteiger partial charge in [0.15, 0.2) is 0 Å². The van der Waals surface area contributed by atoms with Crippen molar-refractivity contribution in [3.8, 4) is 0 Å². The van der Waals surface area contributed by atoms with Crippen molar-refractivity contribution in [2.45, 2.75) is 45.1 Å². The van der Waals surface area contributed by atoms with E-state index in [2.05, 4.69) is 5.32 Å². The van der Waals surface area contributed by atoms with Crippen LogP contribution in [-0.2, 0) is 11.2 Å². The van der Waals surface area contributed by atoms with E-state index in [0.717, 1.165) is 17.7 Å². The lowest BCUT2D eigenvalue weighted by atomic mass is 9.93. The molecule has 0 saturated carbocycles. The molecule has 0 spiro atoms. The quantitative estimate of drug-likeness (QED) is 0.872. The minimum absolute atomic E-state index is 0.0434. The largest absolute Gasteiger partial charge is 0.396 e. The van der Waals surface area contributed by atoms with Crippen LogP contribution in [0.15, 0.2) is 18.2 Å². The molecule has 0 aromatic heterocycles. The predicted octanol–water partition coefficient (Wildman–Crippen LogP) is 1.88. The van der Waals surface area contributed by atoms with Crippen LogP contribution in [0.4, 0.5) is 5.69 Å². The number of carbonyl (C=O) groups excluding carboxylic acids is 2. The maximum atomic E-state index is 12.5. The van der Waals surface area contributed by atoms with E-state index in [4.69, 9.17) is 5.11 Å². The third-order valence-corrected chi connectivity index (χ3v) is 4.54. The van der Waals surface area contributed by atoms with Crippen LogP contribution in [0.1, 0.15) is 49.0 Å². The van der Waals surface area contributed by atoms with Crippen LogP contribution in [0.5, 0.6) is 0 Å². The molecule has 22 heavy (non-hydrogen) atoms. The first kappa shape index (κ1) is 16.5. The zero-order valence-electron chi connectivity index (χ0n) is 13.5. The first-order valence-corrected chi connectivity index (χ1v) is 7.73. The van der Waals surface area contributed by atoms with E-state index in [9.17, 15) is 9.59 Å². The van der Waals surface area contributed by atoms with Crippen LogP contribution in [0.2, 0.25) is 0 Å². The second-order valence-corrected chi connectivity index (χ2v) is 6.14. The number of carbonyl (C=O) groups is 2. The van der Waals surface area contributed by atoms with Crippen molar-refractivity contribution >= 4 is 17.5 Å². The Morgan fingerprint density at radius 3 is 2.77 bits per heavy atom. The van der Waals surface area contributed by atoms with Crippen LogP contribution >= 0.6 is 0 Å². The van der Waals surface area contributed by atoms with Gasteiger partial charge in [-0.2, -0.15) is 0 Å². The molecule has 0 aliphatic carbocycles. The molecule has 2 N–H and O–H groups in total. The van der Waals surface area contributed by atoms with Gasteiger partial charge < -0.3 is 15.3 Å². The van der Waals surface area contributed by atoms with Gasteiger partial charge in [0.2, 0.25) is 5.91 Å². The van der Waals surface area contributed by atoms with E-state index in [1.807, 2.05) is 26.0 Å². The third-order valence-electron chi connectivity index (χ3n) is 4.54. The highest BCUT2D eigenvalue weighted by Crippen LogP contribution is 2.27. The second-order valence-electron chi connectivity index (χ2n) is 6.14. The van der Waals surface area contributed by atoms with E-state index in [-0.39, 0.29) is 18.4 Å². The number of aryl methyl sites for hydroxylation is 1. The van der Waals surface area contributed by atoms with E-state index in [1.54, 1.807) is 18.0 Å². The maximum absolute atomic E-state index is 12.5. The summed E-state index contributed by atoms with van der Waals surface area (Å²) in [6.45, 7) is 3.97. The fourth-order valence-corrected chi connectivity index (χ4v) is 2.72. The van der Waals surface area contributed by atoms with Gasteiger partial charge in [0, 0.05) is 36.9 Å². The summed E-state index contributed by atoms with van der Waals surface area (Å²) in [7, 11) is 1.76. The van der Waals surface area contributed by atoms with Crippen molar-refractivity contribution in [1.82, 2.24) is 5.32 Å². The number of anilines is 1. The number of aliphatic hydroxyl groups is 1. The molecule has 0 radical (unpaired) electrons. The Balaban J connectivity index is 2.20. The average Bonchev–Trinajstić information content (AvgIpc) is 2.51. The molecule has 1 aromatic carbocycles. The molecular weight excluding hydrogens is 280 g/mol. The van der Waals surface area contributed by atoms with Gasteiger partial charge in [-0.05, 0) is 49.9 Å². The molecule has 5 heteroatoms. The number of rotatable bonds is 5. The van der Waals surface area contributed by atoms with E-state index in [1.165, 1.54) is 0 Å². The van der Waals surface area contributed by atoms with Gasteiger partial charge >= 0.3 is 0 Å². The zero-order chi connectivity index (χ0) is 16.3. The number of benzene rings is 1. The van der Waals surface area contributed by atoms with Crippen molar-refractivity contribution in [2.75, 3.05) is 18.6 Å². The molecule has 0 fully saturated rings. The molecular formula is C17H24N2O3. The molecule has 2 rings (SSSR count). The molecule has 1 aliphatic rings. The molecule has 120 valence electrons. The molecule has 1 heterocycles. The number of hydrogen-bond acceptors (Lipinski definition) is 3. The minimum Gasteiger partial charge on any atom is -0.396 e. The lowest BCUT2D eigenvalue weighted by Crippen LogP contribution is -2.46. The lowest BCUT2D eigenvalue weighted by molar-refractivity contribution is -0.118. The van der Waals surface area contributed by atoms with E-state index < -0.39 is 5.54 Å². The molecule has 1 unspecified atom stereocenters. The summed E-state index contributed by atoms with van der Waals surface area (Å²) in [4.78, 5) is 25.8. The Labute approximate surface area is 131 Å². The van der Waals surface area contributed by atoms with Crippen molar-refractivity contribution in [3.63, 3.8) is 0 Å². The SMILES string of the molecule is CCC(C)(CCO)NC(=O)c1ccc2c(c1)CCC(=O)N2C. The normalized spacial score (nSPS) is 16.9. The van der Waals surface area contributed by atoms with Gasteiger partial charge in [-0.1, -0.05) is 6.92 Å². The molecule has 1 aliphatic heterocycles. The van der Waals surface area contributed by atoms with Gasteiger partial charge in [-0.25, -0.2) is 0 Å². The summed E-state index contributed by atoms with van der Waals surface area (Å²) in [5.74, 6) is -0.0358. The molecule has 1 aromatic rings. The highest BCUT2D eigenvalue weighted by Gasteiger charge is 2.26. The van der Waals surface area contributed by atoms with E-state index in [0.29, 0.717) is 24.8 Å². The van der Waals surface area contributed by atoms with Gasteiger partial charge in [-0.15, -0.1) is 0 Å². The van der Waals surface area contributed by atoms with E-state index >= 15 is 0 Å². The summed E-state index contributed by atoms with van der Waals surface area (Å²) < 4.78 is 0. The van der Waals surface area contributed by atoms with Crippen LogP contribution in [0.25, 0.3) is 0 Å². The standard InChI is InChI=1S/C17H24N2O3/c1-4-17(2,9-10-20)18-16(22)13-5-7-14-12(11-13)6-8-15(21)19(14)3/h5,7,11,20H,4,6,8-10H2,1-3H3,(H,18,22). The van der Waals surface area contributed by atoms with Crippen LogP contribution in [0.3, 0.4) is 0 Å². The van der Waals surface area contributed by atoms with Crippen molar-refractivity contribution in [1.29, 1.82) is 0 Å². The van der Waals surface area contributed by atoms with Crippen molar-refractivity contribution < 1.29 is 14.7 Å². The Morgan fingerprint density at radius 2 is 2.14 bits per heavy atom. The molecule has 1 atom stereocenters. The number of hydrogen-bond donors (Lipinski definition) is 2. The van der Waals surface area contributed by atoms with Gasteiger partial charge in [0.05, 0.1) is 0 Å². The first-order valence-electron chi connectivity index (χ1n) is 7.73. The summed E-state index contributed by atoms with van der Waals surface area (Å²) in [5, 5.41) is 12.1. The Morgan fingerprint density at radius 1 is 1.41 bits per heavy atom. The summed E-state index contributed by atoms with van der Waals surface area (Å²) in [6.07, 6.45) is 2.42. The fraction of sp³-hybridized carbons (Fsp3) is 0.529. The van der Waals surface area contributed by atoms with Crippen molar-refractivity contribution in [2.24, 2.45) is 0 Å². The van der Waals surface area contributed by atoms with Crippen LogP contribution in [0, 0.1) is 0 Å². The molecule has 0 saturated heterocycles. The number of amides is 2. The topological polar surface area (TPSA) is 69.6 Å². The number of fused-ring (bicyclic) bond motifs is 1. The number of aliphatic hydroxyl groups excluding tert-OH is 1. The highest BCUT2D eigenvalue weighted by molar-refractivity contribution is 5.99. The average molecular weight is 304 g/mol. The molecule has 5 nitrogen and oxygen atoms in total. The lowest BCUT2D eigenvalue weighted by Gasteiger charge is -2.30. The van der Waals surface area contributed by atoms with Gasteiger partial charge in [0.25, 0.3) is 5.91 Å². The Hall–Kier alpha value is -1.88. The second kappa shape index (κ2) is 6.48. The number of nitrogens with zero attached hydrogens (tertiary/aromatic N) is 1. The fourth-order valence-electron chi connectivity index (χ4n) is 2.72. The summed E-state index contributed by atoms with van der Waals surface area (Å²) in [6, 6.07) is 5.44. The van der Waals surface area contributed by atoms with Crippen LogP contribution in [-0.4, -0.2) is 36.1 Å². The predicted molar refractivity (Wildman–Crippen MR) is 86.0 cm³/mol. The summed E-state index contributed by atoms with van der Waals surface area (Å²) in [5.41, 5.74) is 2.09. The minimum atomic E-state index is -0.408. The Bertz CT molecular complexity index is 585. The smallest absolute Gasteiger partial charge is 0.251 e. The highest BCUT2D eigenvalue weighted by atomic mass is 16.3. The number of nitrogens with one attached hydrogen (secondary N) is 1. The monoisotopic (exact) mass is 304 g/mol. The zero-order valence-corrected chi connectivity index (χ0v) is 13.5.